The number of fused-ring (bicyclic) bond motifs is 1. The van der Waals surface area contributed by atoms with Crippen LogP contribution in [-0.2, 0) is 0 Å². The number of amides is 1. The van der Waals surface area contributed by atoms with Gasteiger partial charge < -0.3 is 10.1 Å². The second-order valence-electron chi connectivity index (χ2n) is 10.3. The molecule has 190 valence electrons. The maximum Gasteiger partial charge on any atom is 0.263 e. The Labute approximate surface area is 213 Å². The number of aryl methyl sites for hydroxylation is 1. The van der Waals surface area contributed by atoms with Crippen LogP contribution in [0.1, 0.15) is 67.8 Å². The van der Waals surface area contributed by atoms with Crippen LogP contribution in [0.15, 0.2) is 53.5 Å². The summed E-state index contributed by atoms with van der Waals surface area (Å²) in [6.07, 6.45) is 10.4. The lowest BCUT2D eigenvalue weighted by atomic mass is 9.94. The van der Waals surface area contributed by atoms with E-state index in [4.69, 9.17) is 4.74 Å². The van der Waals surface area contributed by atoms with Crippen LogP contribution in [0.5, 0.6) is 5.75 Å². The number of rotatable bonds is 9. The van der Waals surface area contributed by atoms with Gasteiger partial charge in [-0.2, -0.15) is 0 Å². The molecule has 2 fully saturated rings. The Morgan fingerprint density at radius 2 is 1.86 bits per heavy atom. The Balaban J connectivity index is 1.34. The minimum atomic E-state index is -0.113. The average Bonchev–Trinajstić information content (AvgIpc) is 3.72. The Kier molecular flexibility index (Phi) is 7.42. The van der Waals surface area contributed by atoms with E-state index >= 15 is 0 Å². The summed E-state index contributed by atoms with van der Waals surface area (Å²) < 4.78 is 7.75. The molecule has 0 bridgehead atoms. The van der Waals surface area contributed by atoms with Gasteiger partial charge in [0.15, 0.2) is 0 Å². The molecule has 0 saturated heterocycles. The van der Waals surface area contributed by atoms with Gasteiger partial charge in [-0.15, -0.1) is 0 Å². The molecule has 5 rings (SSSR count). The van der Waals surface area contributed by atoms with Gasteiger partial charge in [-0.1, -0.05) is 38.3 Å². The van der Waals surface area contributed by atoms with Gasteiger partial charge in [0.05, 0.1) is 11.1 Å². The second-order valence-corrected chi connectivity index (χ2v) is 10.3. The van der Waals surface area contributed by atoms with Gasteiger partial charge in [0.25, 0.3) is 11.5 Å². The number of ether oxygens (including phenoxy) is 1. The molecular weight excluding hydrogens is 450 g/mol. The van der Waals surface area contributed by atoms with Crippen LogP contribution in [0.4, 0.5) is 0 Å². The smallest absolute Gasteiger partial charge is 0.263 e. The number of nitrogens with zero attached hydrogens (tertiary/aromatic N) is 2. The first-order valence-corrected chi connectivity index (χ1v) is 13.5. The molecule has 3 aromatic rings. The Morgan fingerprint density at radius 3 is 2.61 bits per heavy atom. The summed E-state index contributed by atoms with van der Waals surface area (Å²) in [7, 11) is 0. The molecule has 0 aliphatic heterocycles. The van der Waals surface area contributed by atoms with E-state index < -0.39 is 0 Å². The third kappa shape index (κ3) is 5.49. The zero-order valence-electron chi connectivity index (χ0n) is 21.5. The highest BCUT2D eigenvalue weighted by Crippen LogP contribution is 2.24. The third-order valence-electron chi connectivity index (χ3n) is 7.67. The van der Waals surface area contributed by atoms with E-state index in [1.54, 1.807) is 10.8 Å². The molecule has 2 aliphatic carbocycles. The first kappa shape index (κ1) is 24.6. The number of aromatic nitrogens is 1. The zero-order chi connectivity index (χ0) is 25.1. The molecule has 1 N–H and O–H groups in total. The fourth-order valence-electron chi connectivity index (χ4n) is 5.33. The van der Waals surface area contributed by atoms with Crippen molar-refractivity contribution in [2.45, 2.75) is 70.9 Å². The van der Waals surface area contributed by atoms with Crippen molar-refractivity contribution in [1.29, 1.82) is 0 Å². The second kappa shape index (κ2) is 10.9. The van der Waals surface area contributed by atoms with Gasteiger partial charge in [-0.3, -0.25) is 19.1 Å². The standard InChI is InChI=1S/C30H37N3O3/c1-3-32(25-7-5-4-6-8-25)17-18-36-26-14-11-22-15-16-33(30(35)27(22)20-26)28-19-23(10-9-21(28)2)29(34)31-24-12-13-24/h9-11,14-16,19-20,24-25H,3-8,12-13,17-18H2,1-2H3,(H,31,34). The lowest BCUT2D eigenvalue weighted by molar-refractivity contribution is 0.0951. The van der Waals surface area contributed by atoms with Gasteiger partial charge in [0, 0.05) is 30.4 Å². The van der Waals surface area contributed by atoms with Crippen LogP contribution >= 0.6 is 0 Å². The molecule has 6 heteroatoms. The molecule has 0 radical (unpaired) electrons. The Hall–Kier alpha value is -3.12. The van der Waals surface area contributed by atoms with E-state index in [2.05, 4.69) is 17.1 Å². The summed E-state index contributed by atoms with van der Waals surface area (Å²) in [5.41, 5.74) is 2.13. The zero-order valence-corrected chi connectivity index (χ0v) is 21.5. The normalized spacial score (nSPS) is 16.4. The third-order valence-corrected chi connectivity index (χ3v) is 7.67. The molecule has 2 aliphatic rings. The number of nitrogens with one attached hydrogen (secondary N) is 1. The van der Waals surface area contributed by atoms with Gasteiger partial charge in [-0.05, 0) is 80.4 Å². The monoisotopic (exact) mass is 487 g/mol. The van der Waals surface area contributed by atoms with Gasteiger partial charge in [0.1, 0.15) is 12.4 Å². The molecular formula is C30H37N3O3. The van der Waals surface area contributed by atoms with Crippen LogP contribution in [-0.4, -0.2) is 47.2 Å². The average molecular weight is 488 g/mol. The van der Waals surface area contributed by atoms with Crippen LogP contribution < -0.4 is 15.6 Å². The lowest BCUT2D eigenvalue weighted by Gasteiger charge is -2.33. The molecule has 6 nitrogen and oxygen atoms in total. The first-order chi connectivity index (χ1) is 17.5. The van der Waals surface area contributed by atoms with Crippen molar-refractivity contribution >= 4 is 16.7 Å². The van der Waals surface area contributed by atoms with Crippen LogP contribution in [0.25, 0.3) is 16.5 Å². The number of hydrogen-bond donors (Lipinski definition) is 1. The molecule has 0 spiro atoms. The summed E-state index contributed by atoms with van der Waals surface area (Å²) >= 11 is 0. The van der Waals surface area contributed by atoms with Gasteiger partial charge in [-0.25, -0.2) is 0 Å². The Bertz CT molecular complexity index is 1290. The number of likely N-dealkylation sites (N-methyl/N-ethyl adjacent to an activating group) is 1. The number of benzene rings is 2. The van der Waals surface area contributed by atoms with Crippen molar-refractivity contribution < 1.29 is 9.53 Å². The van der Waals surface area contributed by atoms with Crippen molar-refractivity contribution in [2.24, 2.45) is 0 Å². The van der Waals surface area contributed by atoms with Crippen LogP contribution in [0.2, 0.25) is 0 Å². The molecule has 1 heterocycles. The number of carbonyl (C=O) groups is 1. The minimum Gasteiger partial charge on any atom is -0.492 e. The fourth-order valence-corrected chi connectivity index (χ4v) is 5.33. The van der Waals surface area contributed by atoms with Gasteiger partial charge in [0.2, 0.25) is 0 Å². The predicted octanol–water partition coefficient (Wildman–Crippen LogP) is 5.22. The van der Waals surface area contributed by atoms with E-state index in [1.165, 1.54) is 32.1 Å². The highest BCUT2D eigenvalue weighted by molar-refractivity contribution is 5.95. The molecule has 1 aromatic heterocycles. The van der Waals surface area contributed by atoms with Crippen molar-refractivity contribution in [3.05, 3.63) is 70.1 Å². The van der Waals surface area contributed by atoms with Crippen molar-refractivity contribution in [3.63, 3.8) is 0 Å². The van der Waals surface area contributed by atoms with Crippen molar-refractivity contribution in [1.82, 2.24) is 14.8 Å². The topological polar surface area (TPSA) is 63.6 Å². The molecule has 0 unspecified atom stereocenters. The quantitative estimate of drug-likeness (QED) is 0.449. The maximum atomic E-state index is 13.5. The highest BCUT2D eigenvalue weighted by atomic mass is 16.5. The van der Waals surface area contributed by atoms with Crippen molar-refractivity contribution in [2.75, 3.05) is 19.7 Å². The van der Waals surface area contributed by atoms with Crippen molar-refractivity contribution in [3.8, 4) is 11.4 Å². The minimum absolute atomic E-state index is 0.0855. The van der Waals surface area contributed by atoms with E-state index in [0.29, 0.717) is 29.3 Å². The highest BCUT2D eigenvalue weighted by Gasteiger charge is 2.24. The Morgan fingerprint density at radius 1 is 1.06 bits per heavy atom. The summed E-state index contributed by atoms with van der Waals surface area (Å²) in [5, 5.41) is 4.52. The van der Waals surface area contributed by atoms with E-state index in [9.17, 15) is 9.59 Å². The summed E-state index contributed by atoms with van der Waals surface area (Å²) in [4.78, 5) is 28.7. The molecule has 2 saturated carbocycles. The number of hydrogen-bond acceptors (Lipinski definition) is 4. The first-order valence-electron chi connectivity index (χ1n) is 13.5. The van der Waals surface area contributed by atoms with E-state index in [-0.39, 0.29) is 17.5 Å². The summed E-state index contributed by atoms with van der Waals surface area (Å²) in [6, 6.07) is 14.2. The summed E-state index contributed by atoms with van der Waals surface area (Å²) in [6.45, 7) is 6.72. The van der Waals surface area contributed by atoms with E-state index in [0.717, 1.165) is 42.6 Å². The number of pyridine rings is 1. The van der Waals surface area contributed by atoms with Gasteiger partial charge >= 0.3 is 0 Å². The summed E-state index contributed by atoms with van der Waals surface area (Å²) in [5.74, 6) is 0.629. The maximum absolute atomic E-state index is 13.5. The van der Waals surface area contributed by atoms with Crippen LogP contribution in [0.3, 0.4) is 0 Å². The molecule has 36 heavy (non-hydrogen) atoms. The SMILES string of the molecule is CCN(CCOc1ccc2ccn(-c3cc(C(=O)NC4CC4)ccc3C)c(=O)c2c1)C1CCCCC1. The van der Waals surface area contributed by atoms with E-state index in [1.807, 2.05) is 49.4 Å². The number of carbonyl (C=O) groups excluding carboxylic acids is 1. The largest absolute Gasteiger partial charge is 0.492 e. The fraction of sp³-hybridized carbons (Fsp3) is 0.467. The molecule has 1 amide bonds. The predicted molar refractivity (Wildman–Crippen MR) is 144 cm³/mol. The molecule has 0 atom stereocenters. The lowest BCUT2D eigenvalue weighted by Crippen LogP contribution is -2.39. The molecule has 2 aromatic carbocycles. The van der Waals surface area contributed by atoms with Crippen LogP contribution in [0, 0.1) is 6.92 Å².